The molecule has 0 saturated heterocycles. The molecule has 1 amide bonds. The maximum absolute atomic E-state index is 13.1. The largest absolute Gasteiger partial charge is 0.456 e. The van der Waals surface area contributed by atoms with Crippen molar-refractivity contribution in [2.75, 3.05) is 5.32 Å². The third-order valence-electron chi connectivity index (χ3n) is 4.83. The van der Waals surface area contributed by atoms with Crippen molar-refractivity contribution in [3.8, 4) is 28.5 Å². The normalized spacial score (nSPS) is 11.2. The number of fused-ring (bicyclic) bond motifs is 1. The number of H-pyrrole nitrogens is 1. The lowest BCUT2D eigenvalue weighted by molar-refractivity contribution is -0.0494. The Labute approximate surface area is 190 Å². The number of nitrogens with zero attached hydrogens (tertiary/aromatic N) is 5. The Morgan fingerprint density at radius 2 is 2.12 bits per heavy atom. The summed E-state index contributed by atoms with van der Waals surface area (Å²) >= 11 is 0. The van der Waals surface area contributed by atoms with Gasteiger partial charge in [0.05, 0.1) is 17.4 Å². The van der Waals surface area contributed by atoms with E-state index in [9.17, 15) is 13.6 Å². The SMILES string of the molecule is Cn1cc(NC(=O)c2cnn3cccnc23)c(-c2cc(Oc3cc[nH]c3)ccc2OC(F)F)n1. The van der Waals surface area contributed by atoms with Gasteiger partial charge in [0.1, 0.15) is 28.5 Å². The molecule has 0 saturated carbocycles. The summed E-state index contributed by atoms with van der Waals surface area (Å²) in [5.74, 6) is 0.289. The molecule has 0 radical (unpaired) electrons. The molecule has 5 aromatic rings. The number of halogens is 2. The van der Waals surface area contributed by atoms with E-state index < -0.39 is 12.5 Å². The van der Waals surface area contributed by atoms with Gasteiger partial charge in [0, 0.05) is 38.0 Å². The maximum atomic E-state index is 13.1. The minimum absolute atomic E-state index is 0.122. The van der Waals surface area contributed by atoms with Crippen molar-refractivity contribution in [3.63, 3.8) is 0 Å². The van der Waals surface area contributed by atoms with E-state index in [-0.39, 0.29) is 28.3 Å². The van der Waals surface area contributed by atoms with Crippen molar-refractivity contribution in [1.29, 1.82) is 0 Å². The van der Waals surface area contributed by atoms with Gasteiger partial charge in [-0.25, -0.2) is 9.50 Å². The Hall–Kier alpha value is -4.74. The van der Waals surface area contributed by atoms with Gasteiger partial charge < -0.3 is 19.8 Å². The molecule has 4 heterocycles. The fourth-order valence-electron chi connectivity index (χ4n) is 3.42. The quantitative estimate of drug-likeness (QED) is 0.374. The van der Waals surface area contributed by atoms with E-state index in [1.54, 1.807) is 50.2 Å². The van der Waals surface area contributed by atoms with Crippen LogP contribution in [-0.2, 0) is 7.05 Å². The number of hydrogen-bond acceptors (Lipinski definition) is 6. The average Bonchev–Trinajstić information content (AvgIpc) is 3.54. The average molecular weight is 465 g/mol. The number of anilines is 1. The molecule has 5 rings (SSSR count). The second kappa shape index (κ2) is 8.65. The number of aromatic nitrogens is 6. The molecule has 0 unspecified atom stereocenters. The molecule has 0 aliphatic carbocycles. The molecule has 172 valence electrons. The van der Waals surface area contributed by atoms with Gasteiger partial charge in [-0.05, 0) is 30.3 Å². The van der Waals surface area contributed by atoms with Crippen LogP contribution in [0.1, 0.15) is 10.4 Å². The number of nitrogens with one attached hydrogen (secondary N) is 2. The predicted octanol–water partition coefficient (Wildman–Crippen LogP) is 4.10. The maximum Gasteiger partial charge on any atom is 0.387 e. The van der Waals surface area contributed by atoms with Gasteiger partial charge in [-0.2, -0.15) is 19.0 Å². The van der Waals surface area contributed by atoms with Crippen molar-refractivity contribution in [2.45, 2.75) is 6.61 Å². The smallest absolute Gasteiger partial charge is 0.387 e. The molecule has 0 bridgehead atoms. The van der Waals surface area contributed by atoms with E-state index in [2.05, 4.69) is 25.5 Å². The van der Waals surface area contributed by atoms with E-state index in [1.165, 1.54) is 33.6 Å². The molecule has 0 aliphatic rings. The van der Waals surface area contributed by atoms with Gasteiger partial charge in [0.25, 0.3) is 5.91 Å². The van der Waals surface area contributed by atoms with Crippen LogP contribution in [0.3, 0.4) is 0 Å². The number of ether oxygens (including phenoxy) is 2. The number of benzene rings is 1. The van der Waals surface area contributed by atoms with Crippen LogP contribution in [0.2, 0.25) is 0 Å². The van der Waals surface area contributed by atoms with Crippen LogP contribution in [0.15, 0.2) is 67.5 Å². The second-order valence-corrected chi connectivity index (χ2v) is 7.15. The topological polar surface area (TPSA) is 111 Å². The van der Waals surface area contributed by atoms with Crippen molar-refractivity contribution in [2.24, 2.45) is 7.05 Å². The zero-order valence-electron chi connectivity index (χ0n) is 17.6. The third kappa shape index (κ3) is 4.16. The minimum Gasteiger partial charge on any atom is -0.456 e. The number of carbonyl (C=O) groups excluding carboxylic acids is 1. The summed E-state index contributed by atoms with van der Waals surface area (Å²) in [7, 11) is 1.64. The summed E-state index contributed by atoms with van der Waals surface area (Å²) in [6.45, 7) is -3.05. The van der Waals surface area contributed by atoms with Gasteiger partial charge in [0.15, 0.2) is 5.65 Å². The van der Waals surface area contributed by atoms with Gasteiger partial charge in [0.2, 0.25) is 0 Å². The Bertz CT molecular complexity index is 1460. The first kappa shape index (κ1) is 21.1. The van der Waals surface area contributed by atoms with E-state index >= 15 is 0 Å². The number of carbonyl (C=O) groups is 1. The molecule has 0 atom stereocenters. The summed E-state index contributed by atoms with van der Waals surface area (Å²) in [5, 5.41) is 11.2. The Kier molecular flexibility index (Phi) is 5.38. The standard InChI is InChI=1S/C22H17F2N7O3/c1-30-12-17(28-21(32)16-11-27-31-8-2-6-26-20(16)31)19(29-30)15-9-13(33-14-5-7-25-10-14)3-4-18(15)34-22(23)24/h2-12,22,25H,1H3,(H,28,32). The predicted molar refractivity (Wildman–Crippen MR) is 117 cm³/mol. The van der Waals surface area contributed by atoms with Crippen molar-refractivity contribution >= 4 is 17.2 Å². The lowest BCUT2D eigenvalue weighted by atomic mass is 10.1. The molecule has 0 spiro atoms. The number of rotatable bonds is 7. The van der Waals surface area contributed by atoms with Gasteiger partial charge in [-0.1, -0.05) is 0 Å². The van der Waals surface area contributed by atoms with Crippen molar-refractivity contribution < 1.29 is 23.0 Å². The highest BCUT2D eigenvalue weighted by Crippen LogP contribution is 2.38. The molecule has 0 aliphatic heterocycles. The molecular formula is C22H17F2N7O3. The molecule has 2 N–H and O–H groups in total. The highest BCUT2D eigenvalue weighted by molar-refractivity contribution is 6.09. The Morgan fingerprint density at radius 3 is 2.91 bits per heavy atom. The van der Waals surface area contributed by atoms with Crippen LogP contribution in [0.5, 0.6) is 17.2 Å². The molecule has 34 heavy (non-hydrogen) atoms. The minimum atomic E-state index is -3.05. The van der Waals surface area contributed by atoms with Crippen LogP contribution in [0, 0.1) is 0 Å². The number of amides is 1. The Balaban J connectivity index is 1.52. The highest BCUT2D eigenvalue weighted by Gasteiger charge is 2.22. The third-order valence-corrected chi connectivity index (χ3v) is 4.83. The van der Waals surface area contributed by atoms with Gasteiger partial charge in [-0.3, -0.25) is 9.48 Å². The summed E-state index contributed by atoms with van der Waals surface area (Å²) in [6.07, 6.45) is 9.49. The van der Waals surface area contributed by atoms with Crippen LogP contribution in [0.4, 0.5) is 14.5 Å². The first-order valence-corrected chi connectivity index (χ1v) is 10.0. The monoisotopic (exact) mass is 465 g/mol. The lowest BCUT2D eigenvalue weighted by Crippen LogP contribution is -2.12. The summed E-state index contributed by atoms with van der Waals surface area (Å²) < 4.78 is 39.6. The van der Waals surface area contributed by atoms with Crippen LogP contribution < -0.4 is 14.8 Å². The van der Waals surface area contributed by atoms with Crippen molar-refractivity contribution in [1.82, 2.24) is 29.4 Å². The van der Waals surface area contributed by atoms with Gasteiger partial charge in [-0.15, -0.1) is 0 Å². The molecule has 1 aromatic carbocycles. The second-order valence-electron chi connectivity index (χ2n) is 7.15. The highest BCUT2D eigenvalue weighted by atomic mass is 19.3. The van der Waals surface area contributed by atoms with E-state index in [4.69, 9.17) is 9.47 Å². The molecular weight excluding hydrogens is 448 g/mol. The number of aryl methyl sites for hydroxylation is 1. The summed E-state index contributed by atoms with van der Waals surface area (Å²) in [6, 6.07) is 7.77. The fourth-order valence-corrected chi connectivity index (χ4v) is 3.42. The zero-order valence-corrected chi connectivity index (χ0v) is 17.6. The number of alkyl halides is 2. The van der Waals surface area contributed by atoms with E-state index in [0.29, 0.717) is 17.1 Å². The lowest BCUT2D eigenvalue weighted by Gasteiger charge is -2.13. The van der Waals surface area contributed by atoms with E-state index in [1.807, 2.05) is 0 Å². The van der Waals surface area contributed by atoms with Crippen LogP contribution in [-0.4, -0.2) is 41.9 Å². The number of aromatic amines is 1. The molecule has 4 aromatic heterocycles. The fraction of sp³-hybridized carbons (Fsp3) is 0.0909. The molecule has 12 heteroatoms. The zero-order chi connectivity index (χ0) is 23.7. The number of hydrogen-bond donors (Lipinski definition) is 2. The molecule has 0 fully saturated rings. The Morgan fingerprint density at radius 1 is 1.24 bits per heavy atom. The van der Waals surface area contributed by atoms with Crippen LogP contribution in [0.25, 0.3) is 16.9 Å². The van der Waals surface area contributed by atoms with Crippen LogP contribution >= 0.6 is 0 Å². The van der Waals surface area contributed by atoms with E-state index in [0.717, 1.165) is 0 Å². The summed E-state index contributed by atoms with van der Waals surface area (Å²) in [4.78, 5) is 20.1. The van der Waals surface area contributed by atoms with Gasteiger partial charge >= 0.3 is 6.61 Å². The molecule has 10 nitrogen and oxygen atoms in total. The first-order chi connectivity index (χ1) is 16.5. The van der Waals surface area contributed by atoms with Crippen molar-refractivity contribution in [3.05, 3.63) is 73.1 Å². The summed E-state index contributed by atoms with van der Waals surface area (Å²) in [5.41, 5.74) is 1.32. The first-order valence-electron chi connectivity index (χ1n) is 10.0.